The summed E-state index contributed by atoms with van der Waals surface area (Å²) in [6, 6.07) is 0. The number of aryl methyl sites for hydroxylation is 1. The molecule has 0 fully saturated rings. The van der Waals surface area contributed by atoms with Crippen molar-refractivity contribution < 1.29 is 18.0 Å². The molecule has 0 aliphatic heterocycles. The lowest BCUT2D eigenvalue weighted by Crippen LogP contribution is -2.29. The van der Waals surface area contributed by atoms with Crippen LogP contribution in [-0.4, -0.2) is 28.2 Å². The molecular formula is C7H7ClF3N3OS. The van der Waals surface area contributed by atoms with E-state index in [1.54, 1.807) is 5.32 Å². The van der Waals surface area contributed by atoms with Gasteiger partial charge in [-0.25, -0.2) is 0 Å². The molecule has 1 heterocycles. The highest BCUT2D eigenvalue weighted by Crippen LogP contribution is 2.21. The quantitative estimate of drug-likeness (QED) is 0.856. The zero-order valence-electron chi connectivity index (χ0n) is 7.84. The normalized spacial score (nSPS) is 11.5. The van der Waals surface area contributed by atoms with Gasteiger partial charge in [-0.2, -0.15) is 13.2 Å². The molecule has 0 saturated heterocycles. The smallest absolute Gasteiger partial charge is 0.293 e. The number of anilines is 1. The monoisotopic (exact) mass is 273 g/mol. The second kappa shape index (κ2) is 5.44. The fourth-order valence-corrected chi connectivity index (χ4v) is 1.70. The number of hydrogen-bond acceptors (Lipinski definition) is 4. The third-order valence-corrected chi connectivity index (χ3v) is 2.63. The van der Waals surface area contributed by atoms with Gasteiger partial charge in [0.1, 0.15) is 5.01 Å². The van der Waals surface area contributed by atoms with Gasteiger partial charge in [0.05, 0.1) is 0 Å². The highest BCUT2D eigenvalue weighted by Gasteiger charge is 2.39. The number of nitrogens with one attached hydrogen (secondary N) is 1. The molecular weight excluding hydrogens is 267 g/mol. The van der Waals surface area contributed by atoms with Crippen LogP contribution in [0.15, 0.2) is 0 Å². The Bertz CT molecular complexity index is 368. The van der Waals surface area contributed by atoms with Crippen molar-refractivity contribution in [3.63, 3.8) is 0 Å². The van der Waals surface area contributed by atoms with Gasteiger partial charge in [-0.3, -0.25) is 10.1 Å². The maximum absolute atomic E-state index is 11.9. The van der Waals surface area contributed by atoms with Gasteiger partial charge < -0.3 is 0 Å². The van der Waals surface area contributed by atoms with E-state index in [0.717, 1.165) is 11.3 Å². The SMILES string of the molecule is O=C(Nc1nnc(CCCCl)s1)C(F)(F)F. The second-order valence-electron chi connectivity index (χ2n) is 2.75. The van der Waals surface area contributed by atoms with Crippen molar-refractivity contribution in [2.45, 2.75) is 19.0 Å². The Morgan fingerprint density at radius 2 is 2.12 bits per heavy atom. The Balaban J connectivity index is 2.55. The molecule has 0 saturated carbocycles. The zero-order valence-corrected chi connectivity index (χ0v) is 9.42. The van der Waals surface area contributed by atoms with E-state index in [1.807, 2.05) is 0 Å². The van der Waals surface area contributed by atoms with Gasteiger partial charge in [-0.05, 0) is 6.42 Å². The number of aromatic nitrogens is 2. The lowest BCUT2D eigenvalue weighted by molar-refractivity contribution is -0.167. The van der Waals surface area contributed by atoms with Crippen LogP contribution in [0.3, 0.4) is 0 Å². The number of hydrogen-bond donors (Lipinski definition) is 1. The van der Waals surface area contributed by atoms with Crippen molar-refractivity contribution in [3.05, 3.63) is 5.01 Å². The lowest BCUT2D eigenvalue weighted by atomic mass is 10.4. The lowest BCUT2D eigenvalue weighted by Gasteiger charge is -2.03. The topological polar surface area (TPSA) is 54.9 Å². The van der Waals surface area contributed by atoms with Crippen molar-refractivity contribution in [1.29, 1.82) is 0 Å². The van der Waals surface area contributed by atoms with E-state index < -0.39 is 12.1 Å². The van der Waals surface area contributed by atoms with Crippen LogP contribution in [0.1, 0.15) is 11.4 Å². The summed E-state index contributed by atoms with van der Waals surface area (Å²) in [7, 11) is 0. The minimum Gasteiger partial charge on any atom is -0.293 e. The number of amides is 1. The van der Waals surface area contributed by atoms with Crippen LogP contribution in [0.5, 0.6) is 0 Å². The van der Waals surface area contributed by atoms with Crippen LogP contribution in [0.2, 0.25) is 0 Å². The predicted molar refractivity (Wildman–Crippen MR) is 53.6 cm³/mol. The Morgan fingerprint density at radius 3 is 2.69 bits per heavy atom. The number of carbonyl (C=O) groups excluding carboxylic acids is 1. The van der Waals surface area contributed by atoms with E-state index in [9.17, 15) is 18.0 Å². The number of nitrogens with zero attached hydrogens (tertiary/aromatic N) is 2. The summed E-state index contributed by atoms with van der Waals surface area (Å²) in [5.41, 5.74) is 0. The van der Waals surface area contributed by atoms with Gasteiger partial charge in [0.25, 0.3) is 0 Å². The molecule has 0 unspecified atom stereocenters. The molecule has 0 bridgehead atoms. The van der Waals surface area contributed by atoms with Crippen LogP contribution < -0.4 is 5.32 Å². The molecule has 1 amide bonds. The summed E-state index contributed by atoms with van der Waals surface area (Å²) < 4.78 is 35.6. The van der Waals surface area contributed by atoms with Gasteiger partial charge in [0.2, 0.25) is 5.13 Å². The number of halogens is 4. The van der Waals surface area contributed by atoms with Crippen molar-refractivity contribution in [1.82, 2.24) is 10.2 Å². The molecule has 0 atom stereocenters. The molecule has 0 radical (unpaired) electrons. The van der Waals surface area contributed by atoms with E-state index in [2.05, 4.69) is 10.2 Å². The standard InChI is InChI=1S/C7H7ClF3N3OS/c8-3-1-2-4-13-14-6(16-4)12-5(15)7(9,10)11/h1-3H2,(H,12,14,15). The first-order valence-electron chi connectivity index (χ1n) is 4.20. The molecule has 0 aliphatic carbocycles. The first-order chi connectivity index (χ1) is 7.43. The molecule has 0 aromatic carbocycles. The molecule has 4 nitrogen and oxygen atoms in total. The predicted octanol–water partition coefficient (Wildman–Crippen LogP) is 2.21. The molecule has 1 aromatic heterocycles. The molecule has 16 heavy (non-hydrogen) atoms. The van der Waals surface area contributed by atoms with E-state index in [4.69, 9.17) is 11.6 Å². The fraction of sp³-hybridized carbons (Fsp3) is 0.571. The van der Waals surface area contributed by atoms with E-state index in [-0.39, 0.29) is 5.13 Å². The molecule has 9 heteroatoms. The van der Waals surface area contributed by atoms with E-state index in [0.29, 0.717) is 23.7 Å². The second-order valence-corrected chi connectivity index (χ2v) is 4.19. The Labute approximate surface area is 97.8 Å². The third kappa shape index (κ3) is 3.93. The summed E-state index contributed by atoms with van der Waals surface area (Å²) >= 11 is 6.34. The van der Waals surface area contributed by atoms with Crippen LogP contribution >= 0.6 is 22.9 Å². The molecule has 0 spiro atoms. The Morgan fingerprint density at radius 1 is 1.44 bits per heavy atom. The van der Waals surface area contributed by atoms with Crippen molar-refractivity contribution in [2.75, 3.05) is 11.2 Å². The average molecular weight is 274 g/mol. The minimum absolute atomic E-state index is 0.160. The Kier molecular flexibility index (Phi) is 4.48. The molecule has 0 aliphatic rings. The van der Waals surface area contributed by atoms with Crippen LogP contribution in [0, 0.1) is 0 Å². The van der Waals surface area contributed by atoms with Crippen molar-refractivity contribution in [3.8, 4) is 0 Å². The van der Waals surface area contributed by atoms with Crippen LogP contribution in [0.25, 0.3) is 0 Å². The highest BCUT2D eigenvalue weighted by molar-refractivity contribution is 7.15. The average Bonchev–Trinajstić information content (AvgIpc) is 2.61. The van der Waals surface area contributed by atoms with E-state index in [1.165, 1.54) is 0 Å². The minimum atomic E-state index is -4.91. The third-order valence-electron chi connectivity index (χ3n) is 1.47. The van der Waals surface area contributed by atoms with Gasteiger partial charge in [-0.1, -0.05) is 11.3 Å². The molecule has 1 aromatic rings. The molecule has 1 rings (SSSR count). The number of alkyl halides is 4. The molecule has 90 valence electrons. The van der Waals surface area contributed by atoms with E-state index >= 15 is 0 Å². The maximum Gasteiger partial charge on any atom is 0.471 e. The van der Waals surface area contributed by atoms with Gasteiger partial charge in [0, 0.05) is 12.3 Å². The molecule has 1 N–H and O–H groups in total. The van der Waals surface area contributed by atoms with Crippen LogP contribution in [-0.2, 0) is 11.2 Å². The largest absolute Gasteiger partial charge is 0.471 e. The van der Waals surface area contributed by atoms with Gasteiger partial charge >= 0.3 is 12.1 Å². The zero-order chi connectivity index (χ0) is 12.2. The summed E-state index contributed by atoms with van der Waals surface area (Å²) in [5.74, 6) is -1.61. The first-order valence-corrected chi connectivity index (χ1v) is 5.55. The van der Waals surface area contributed by atoms with Gasteiger partial charge in [-0.15, -0.1) is 21.8 Å². The van der Waals surface area contributed by atoms with Crippen molar-refractivity contribution >= 4 is 34.0 Å². The summed E-state index contributed by atoms with van der Waals surface area (Å²) in [6.07, 6.45) is -3.73. The summed E-state index contributed by atoms with van der Waals surface area (Å²) in [6.45, 7) is 0. The highest BCUT2D eigenvalue weighted by atomic mass is 35.5. The Hall–Kier alpha value is -0.890. The summed E-state index contributed by atoms with van der Waals surface area (Å²) in [4.78, 5) is 10.5. The number of carbonyl (C=O) groups is 1. The first kappa shape index (κ1) is 13.2. The fourth-order valence-electron chi connectivity index (χ4n) is 0.791. The van der Waals surface area contributed by atoms with Crippen LogP contribution in [0.4, 0.5) is 18.3 Å². The van der Waals surface area contributed by atoms with Gasteiger partial charge in [0.15, 0.2) is 0 Å². The summed E-state index contributed by atoms with van der Waals surface area (Å²) in [5, 5.41) is 9.04. The van der Waals surface area contributed by atoms with Crippen molar-refractivity contribution in [2.24, 2.45) is 0 Å². The number of rotatable bonds is 4. The maximum atomic E-state index is 11.9.